The molecule has 108 valence electrons. The van der Waals surface area contributed by atoms with E-state index in [9.17, 15) is 5.11 Å². The summed E-state index contributed by atoms with van der Waals surface area (Å²) in [4.78, 5) is 2.37. The maximum atomic E-state index is 10.00. The van der Waals surface area contributed by atoms with E-state index < -0.39 is 0 Å². The summed E-state index contributed by atoms with van der Waals surface area (Å²) in [5, 5.41) is 10.00. The number of hydrogen-bond acceptors (Lipinski definition) is 2. The van der Waals surface area contributed by atoms with Crippen molar-refractivity contribution in [2.75, 3.05) is 13.1 Å². The summed E-state index contributed by atoms with van der Waals surface area (Å²) in [5.41, 5.74) is 4.04. The van der Waals surface area contributed by atoms with Crippen LogP contribution in [0.15, 0.2) is 18.2 Å². The predicted octanol–water partition coefficient (Wildman–Crippen LogP) is 3.68. The van der Waals surface area contributed by atoms with Crippen LogP contribution in [0.4, 0.5) is 0 Å². The van der Waals surface area contributed by atoms with Crippen molar-refractivity contribution in [3.8, 4) is 0 Å². The van der Waals surface area contributed by atoms with E-state index in [4.69, 9.17) is 0 Å². The molecule has 0 saturated carbocycles. The Labute approximate surface area is 118 Å². The summed E-state index contributed by atoms with van der Waals surface area (Å²) in [6.45, 7) is 11.4. The Bertz CT molecular complexity index is 376. The molecule has 1 aromatic rings. The van der Waals surface area contributed by atoms with E-state index in [0.29, 0.717) is 0 Å². The second-order valence-corrected chi connectivity index (χ2v) is 5.61. The lowest BCUT2D eigenvalue weighted by molar-refractivity contribution is 0.101. The summed E-state index contributed by atoms with van der Waals surface area (Å²) < 4.78 is 0. The largest absolute Gasteiger partial charge is 0.392 e. The average molecular weight is 263 g/mol. The van der Waals surface area contributed by atoms with Gasteiger partial charge in [0, 0.05) is 13.1 Å². The second kappa shape index (κ2) is 8.34. The lowest BCUT2D eigenvalue weighted by Gasteiger charge is -2.25. The Morgan fingerprint density at radius 2 is 1.89 bits per heavy atom. The van der Waals surface area contributed by atoms with Crippen molar-refractivity contribution in [3.63, 3.8) is 0 Å². The van der Waals surface area contributed by atoms with Crippen molar-refractivity contribution in [2.45, 2.75) is 59.6 Å². The monoisotopic (exact) mass is 263 g/mol. The first kappa shape index (κ1) is 16.2. The highest BCUT2D eigenvalue weighted by Gasteiger charge is 2.12. The number of benzene rings is 1. The Balaban J connectivity index is 2.66. The summed E-state index contributed by atoms with van der Waals surface area (Å²) in [6.07, 6.45) is 2.88. The van der Waals surface area contributed by atoms with Gasteiger partial charge in [0.2, 0.25) is 0 Å². The third kappa shape index (κ3) is 5.75. The summed E-state index contributed by atoms with van der Waals surface area (Å²) in [5.74, 6) is 0. The molecule has 0 aromatic heterocycles. The van der Waals surface area contributed by atoms with Gasteiger partial charge >= 0.3 is 0 Å². The molecule has 0 spiro atoms. The van der Waals surface area contributed by atoms with E-state index in [2.05, 4.69) is 50.8 Å². The first-order chi connectivity index (χ1) is 9.06. The van der Waals surface area contributed by atoms with Crippen molar-refractivity contribution in [1.82, 2.24) is 4.90 Å². The highest BCUT2D eigenvalue weighted by Crippen LogP contribution is 2.14. The Morgan fingerprint density at radius 1 is 1.16 bits per heavy atom. The average Bonchev–Trinajstić information content (AvgIpc) is 2.33. The molecule has 2 heteroatoms. The normalized spacial score (nSPS) is 12.9. The Hall–Kier alpha value is -0.860. The molecule has 0 fully saturated rings. The van der Waals surface area contributed by atoms with Crippen molar-refractivity contribution in [3.05, 3.63) is 34.9 Å². The zero-order chi connectivity index (χ0) is 14.3. The standard InChI is InChI=1S/C17H29NO/c1-5-7-17(19)13-18(10-6-2)12-16-9-8-14(3)11-15(16)4/h8-9,11,17,19H,5-7,10,12-13H2,1-4H3. The van der Waals surface area contributed by atoms with Crippen LogP contribution in [0.25, 0.3) is 0 Å². The van der Waals surface area contributed by atoms with Gasteiger partial charge in [0.15, 0.2) is 0 Å². The molecule has 0 radical (unpaired) electrons. The number of rotatable bonds is 8. The van der Waals surface area contributed by atoms with Crippen LogP contribution in [-0.2, 0) is 6.54 Å². The van der Waals surface area contributed by atoms with Gasteiger partial charge in [0.1, 0.15) is 0 Å². The summed E-state index contributed by atoms with van der Waals surface area (Å²) >= 11 is 0. The fourth-order valence-corrected chi connectivity index (χ4v) is 2.54. The summed E-state index contributed by atoms with van der Waals surface area (Å²) in [7, 11) is 0. The van der Waals surface area contributed by atoms with Crippen LogP contribution in [-0.4, -0.2) is 29.2 Å². The molecular formula is C17H29NO. The molecule has 0 saturated heterocycles. The van der Waals surface area contributed by atoms with Crippen molar-refractivity contribution < 1.29 is 5.11 Å². The quantitative estimate of drug-likeness (QED) is 0.773. The smallest absolute Gasteiger partial charge is 0.0667 e. The zero-order valence-corrected chi connectivity index (χ0v) is 12.9. The minimum atomic E-state index is -0.192. The molecule has 0 aliphatic carbocycles. The van der Waals surface area contributed by atoms with E-state index in [1.807, 2.05) is 0 Å². The first-order valence-electron chi connectivity index (χ1n) is 7.53. The number of aliphatic hydroxyl groups is 1. The molecule has 1 atom stereocenters. The maximum absolute atomic E-state index is 10.00. The first-order valence-corrected chi connectivity index (χ1v) is 7.53. The minimum absolute atomic E-state index is 0.192. The predicted molar refractivity (Wildman–Crippen MR) is 82.4 cm³/mol. The van der Waals surface area contributed by atoms with Crippen LogP contribution in [0.1, 0.15) is 49.8 Å². The molecule has 2 nitrogen and oxygen atoms in total. The molecule has 19 heavy (non-hydrogen) atoms. The molecule has 1 rings (SSSR count). The second-order valence-electron chi connectivity index (χ2n) is 5.61. The van der Waals surface area contributed by atoms with Gasteiger partial charge in [-0.1, -0.05) is 44.0 Å². The number of nitrogens with zero attached hydrogens (tertiary/aromatic N) is 1. The number of aryl methyl sites for hydroxylation is 2. The highest BCUT2D eigenvalue weighted by atomic mass is 16.3. The number of aliphatic hydroxyl groups excluding tert-OH is 1. The third-order valence-corrected chi connectivity index (χ3v) is 3.52. The molecular weight excluding hydrogens is 234 g/mol. The Kier molecular flexibility index (Phi) is 7.11. The topological polar surface area (TPSA) is 23.5 Å². The lowest BCUT2D eigenvalue weighted by Crippen LogP contribution is -2.32. The van der Waals surface area contributed by atoms with E-state index >= 15 is 0 Å². The minimum Gasteiger partial charge on any atom is -0.392 e. The molecule has 1 N–H and O–H groups in total. The van der Waals surface area contributed by atoms with Crippen LogP contribution < -0.4 is 0 Å². The molecule has 1 unspecified atom stereocenters. The molecule has 0 amide bonds. The molecule has 0 bridgehead atoms. The maximum Gasteiger partial charge on any atom is 0.0667 e. The van der Waals surface area contributed by atoms with Gasteiger partial charge in [0.05, 0.1) is 6.10 Å². The molecule has 0 aliphatic heterocycles. The van der Waals surface area contributed by atoms with E-state index in [1.165, 1.54) is 16.7 Å². The zero-order valence-electron chi connectivity index (χ0n) is 12.9. The van der Waals surface area contributed by atoms with Crippen LogP contribution in [0.5, 0.6) is 0 Å². The molecule has 1 aromatic carbocycles. The van der Waals surface area contributed by atoms with Gasteiger partial charge in [0.25, 0.3) is 0 Å². The van der Waals surface area contributed by atoms with Gasteiger partial charge in [-0.15, -0.1) is 0 Å². The third-order valence-electron chi connectivity index (χ3n) is 3.52. The summed E-state index contributed by atoms with van der Waals surface area (Å²) in [6, 6.07) is 6.64. The van der Waals surface area contributed by atoms with Gasteiger partial charge < -0.3 is 5.11 Å². The van der Waals surface area contributed by atoms with Crippen LogP contribution in [0.3, 0.4) is 0 Å². The van der Waals surface area contributed by atoms with Gasteiger partial charge in [-0.25, -0.2) is 0 Å². The van der Waals surface area contributed by atoms with Gasteiger partial charge in [-0.3, -0.25) is 4.90 Å². The van der Waals surface area contributed by atoms with Crippen LogP contribution >= 0.6 is 0 Å². The van der Waals surface area contributed by atoms with Crippen LogP contribution in [0, 0.1) is 13.8 Å². The Morgan fingerprint density at radius 3 is 2.47 bits per heavy atom. The SMILES string of the molecule is CCCC(O)CN(CCC)Cc1ccc(C)cc1C. The van der Waals surface area contributed by atoms with E-state index in [0.717, 1.165) is 38.9 Å². The van der Waals surface area contributed by atoms with E-state index in [-0.39, 0.29) is 6.10 Å². The van der Waals surface area contributed by atoms with Crippen molar-refractivity contribution in [1.29, 1.82) is 0 Å². The molecule has 0 aliphatic rings. The molecule has 0 heterocycles. The van der Waals surface area contributed by atoms with E-state index in [1.54, 1.807) is 0 Å². The van der Waals surface area contributed by atoms with Crippen molar-refractivity contribution >= 4 is 0 Å². The van der Waals surface area contributed by atoms with Crippen molar-refractivity contribution in [2.24, 2.45) is 0 Å². The van der Waals surface area contributed by atoms with Gasteiger partial charge in [-0.05, 0) is 44.4 Å². The van der Waals surface area contributed by atoms with Crippen LogP contribution in [0.2, 0.25) is 0 Å². The fourth-order valence-electron chi connectivity index (χ4n) is 2.54. The number of hydrogen-bond donors (Lipinski definition) is 1. The lowest BCUT2D eigenvalue weighted by atomic mass is 10.0. The van der Waals surface area contributed by atoms with Gasteiger partial charge in [-0.2, -0.15) is 0 Å². The highest BCUT2D eigenvalue weighted by molar-refractivity contribution is 5.30. The fraction of sp³-hybridized carbons (Fsp3) is 0.647.